The summed E-state index contributed by atoms with van der Waals surface area (Å²) in [4.78, 5) is 0. The molecule has 0 unspecified atom stereocenters. The summed E-state index contributed by atoms with van der Waals surface area (Å²) in [6, 6.07) is 16.4. The van der Waals surface area contributed by atoms with Crippen molar-refractivity contribution in [1.82, 2.24) is 0 Å². The summed E-state index contributed by atoms with van der Waals surface area (Å²) in [6.45, 7) is 18.3. The quantitative estimate of drug-likeness (QED) is 0.303. The van der Waals surface area contributed by atoms with E-state index in [4.69, 9.17) is 0 Å². The van der Waals surface area contributed by atoms with E-state index in [9.17, 15) is 0 Å². The number of hydrogen-bond donors (Lipinski definition) is 0. The average Bonchev–Trinajstić information content (AvgIpc) is 2.55. The molecule has 0 spiro atoms. The average molecular weight is 449 g/mol. The van der Waals surface area contributed by atoms with Gasteiger partial charge in [0.2, 0.25) is 0 Å². The summed E-state index contributed by atoms with van der Waals surface area (Å²) in [5, 5.41) is 0. The van der Waals surface area contributed by atoms with Gasteiger partial charge in [-0.15, -0.1) is 0 Å². The van der Waals surface area contributed by atoms with Gasteiger partial charge in [0, 0.05) is 0 Å². The normalized spacial score (nSPS) is 11.1. The third-order valence-corrected chi connectivity index (χ3v) is 10.6. The topological polar surface area (TPSA) is 0 Å². The van der Waals surface area contributed by atoms with E-state index < -0.39 is 0 Å². The third-order valence-electron chi connectivity index (χ3n) is 5.23. The molecule has 0 saturated heterocycles. The fraction of sp³-hybridized carbons (Fsp3) is 0.308. The van der Waals surface area contributed by atoms with E-state index in [2.05, 4.69) is 97.3 Å². The van der Waals surface area contributed by atoms with Crippen molar-refractivity contribution in [2.75, 3.05) is 13.3 Å². The zero-order chi connectivity index (χ0) is 20.6. The van der Waals surface area contributed by atoms with Crippen molar-refractivity contribution >= 4 is 25.2 Å². The predicted molar refractivity (Wildman–Crippen MR) is 130 cm³/mol. The van der Waals surface area contributed by atoms with Crippen molar-refractivity contribution in [2.45, 2.75) is 41.5 Å². The Morgan fingerprint density at radius 1 is 0.607 bits per heavy atom. The second-order valence-corrected chi connectivity index (χ2v) is 17.3. The van der Waals surface area contributed by atoms with Crippen molar-refractivity contribution in [3.05, 3.63) is 75.8 Å². The van der Waals surface area contributed by atoms with Gasteiger partial charge in [-0.25, -0.2) is 0 Å². The summed E-state index contributed by atoms with van der Waals surface area (Å²) in [7, 11) is 0. The minimum absolute atomic E-state index is 0.0529. The SMILES string of the molecule is Cc1cc(C)c(-c2cccc(-c3c(C)cc(C)cc3C)c2[As]=[P+](C)C)c(C)c1. The van der Waals surface area contributed by atoms with E-state index >= 15 is 0 Å². The van der Waals surface area contributed by atoms with Gasteiger partial charge in [0.1, 0.15) is 0 Å². The van der Waals surface area contributed by atoms with Crippen LogP contribution in [-0.4, -0.2) is 28.1 Å². The molecule has 0 heterocycles. The van der Waals surface area contributed by atoms with Crippen molar-refractivity contribution in [3.8, 4) is 22.3 Å². The van der Waals surface area contributed by atoms with E-state index in [1.807, 2.05) is 0 Å². The van der Waals surface area contributed by atoms with Crippen molar-refractivity contribution in [3.63, 3.8) is 0 Å². The Labute approximate surface area is 177 Å². The molecular formula is C26H31AsP+. The first-order valence-corrected chi connectivity index (χ1v) is 15.5. The Balaban J connectivity index is 2.41. The van der Waals surface area contributed by atoms with Crippen LogP contribution in [0.4, 0.5) is 0 Å². The maximum atomic E-state index is 2.43. The van der Waals surface area contributed by atoms with E-state index in [0.29, 0.717) is 0 Å². The fourth-order valence-corrected chi connectivity index (χ4v) is 9.74. The molecule has 0 nitrogen and oxygen atoms in total. The van der Waals surface area contributed by atoms with Crippen LogP contribution in [0.1, 0.15) is 33.4 Å². The van der Waals surface area contributed by atoms with Gasteiger partial charge in [-0.2, -0.15) is 0 Å². The molecule has 0 N–H and O–H groups in total. The molecular weight excluding hydrogens is 418 g/mol. The molecule has 3 rings (SSSR count). The van der Waals surface area contributed by atoms with Gasteiger partial charge in [0.05, 0.1) is 0 Å². The Morgan fingerprint density at radius 2 is 0.964 bits per heavy atom. The van der Waals surface area contributed by atoms with Gasteiger partial charge in [-0.05, 0) is 0 Å². The van der Waals surface area contributed by atoms with Gasteiger partial charge in [-0.3, -0.25) is 0 Å². The molecule has 0 aliphatic carbocycles. The van der Waals surface area contributed by atoms with Gasteiger partial charge in [0.15, 0.2) is 0 Å². The predicted octanol–water partition coefficient (Wildman–Crippen LogP) is 6.86. The molecule has 0 atom stereocenters. The van der Waals surface area contributed by atoms with Crippen LogP contribution in [0.5, 0.6) is 0 Å². The molecule has 3 aromatic carbocycles. The summed E-state index contributed by atoms with van der Waals surface area (Å²) < 4.78 is 1.61. The number of benzene rings is 3. The van der Waals surface area contributed by atoms with E-state index in [1.165, 1.54) is 55.6 Å². The Kier molecular flexibility index (Phi) is 6.43. The Morgan fingerprint density at radius 3 is 1.29 bits per heavy atom. The van der Waals surface area contributed by atoms with Crippen LogP contribution in [-0.2, 0) is 0 Å². The van der Waals surface area contributed by atoms with Crippen molar-refractivity contribution in [2.24, 2.45) is 0 Å². The molecule has 0 saturated carbocycles. The van der Waals surface area contributed by atoms with E-state index in [-0.39, 0.29) is 20.9 Å². The first-order chi connectivity index (χ1) is 13.2. The van der Waals surface area contributed by atoms with Crippen LogP contribution in [0.3, 0.4) is 0 Å². The van der Waals surface area contributed by atoms with Gasteiger partial charge >= 0.3 is 178 Å². The first kappa shape index (κ1) is 21.2. The zero-order valence-electron chi connectivity index (χ0n) is 18.4. The molecule has 0 aromatic heterocycles. The molecule has 144 valence electrons. The second-order valence-electron chi connectivity index (χ2n) is 8.20. The fourth-order valence-electron chi connectivity index (χ4n) is 4.46. The zero-order valence-corrected chi connectivity index (χ0v) is 21.2. The van der Waals surface area contributed by atoms with Crippen LogP contribution >= 0.6 is 6.03 Å². The summed E-state index contributed by atoms with van der Waals surface area (Å²) >= 11 is 0.145. The van der Waals surface area contributed by atoms with Gasteiger partial charge in [0.25, 0.3) is 0 Å². The molecule has 0 bridgehead atoms. The second kappa shape index (κ2) is 8.49. The summed E-state index contributed by atoms with van der Waals surface area (Å²) in [5.74, 6) is 0. The minimum atomic E-state index is 0.0529. The van der Waals surface area contributed by atoms with Crippen LogP contribution in [0.25, 0.3) is 22.3 Å². The number of aryl methyl sites for hydroxylation is 6. The molecule has 0 aliphatic rings. The summed E-state index contributed by atoms with van der Waals surface area (Å²) in [6.07, 6.45) is 0. The Hall–Kier alpha value is -1.48. The van der Waals surface area contributed by atoms with Gasteiger partial charge < -0.3 is 0 Å². The first-order valence-electron chi connectivity index (χ1n) is 9.87. The van der Waals surface area contributed by atoms with Crippen LogP contribution in [0.15, 0.2) is 42.5 Å². The number of hydrogen-bond acceptors (Lipinski definition) is 0. The van der Waals surface area contributed by atoms with Gasteiger partial charge in [-0.1, -0.05) is 0 Å². The van der Waals surface area contributed by atoms with Crippen molar-refractivity contribution in [1.29, 1.82) is 0 Å². The maximum absolute atomic E-state index is 2.43. The molecule has 0 aliphatic heterocycles. The number of rotatable bonds is 3. The molecule has 2 heteroatoms. The van der Waals surface area contributed by atoms with Crippen molar-refractivity contribution < 1.29 is 0 Å². The monoisotopic (exact) mass is 449 g/mol. The molecule has 0 radical (unpaired) electrons. The standard InChI is InChI=1S/C26H31AsP/c1-16-12-18(3)24(19(4)13-16)22-10-9-11-23(26(22)27-28(7)8)25-20(5)14-17(2)15-21(25)6/h9-15H,1-8H3/q+1. The van der Waals surface area contributed by atoms with Crippen LogP contribution in [0.2, 0.25) is 0 Å². The molecule has 28 heavy (non-hydrogen) atoms. The van der Waals surface area contributed by atoms with Crippen LogP contribution in [0, 0.1) is 41.5 Å². The third kappa shape index (κ3) is 4.25. The Bertz CT molecular complexity index is 964. The van der Waals surface area contributed by atoms with Crippen LogP contribution < -0.4 is 4.35 Å². The molecule has 0 amide bonds. The molecule has 0 fully saturated rings. The van der Waals surface area contributed by atoms with E-state index in [0.717, 1.165) is 0 Å². The summed E-state index contributed by atoms with van der Waals surface area (Å²) in [5.41, 5.74) is 14.1. The molecule has 3 aromatic rings. The van der Waals surface area contributed by atoms with E-state index in [1.54, 1.807) is 4.35 Å².